The third-order valence-electron chi connectivity index (χ3n) is 5.33. The molecule has 0 aliphatic rings. The number of carbonyl (C=O) groups is 3. The fourth-order valence-corrected chi connectivity index (χ4v) is 3.41. The molecule has 34 heavy (non-hydrogen) atoms. The van der Waals surface area contributed by atoms with Crippen molar-refractivity contribution >= 4 is 34.4 Å². The molecule has 8 nitrogen and oxygen atoms in total. The Morgan fingerprint density at radius 3 is 2.38 bits per heavy atom. The van der Waals surface area contributed by atoms with Crippen LogP contribution in [-0.4, -0.2) is 34.4 Å². The predicted molar refractivity (Wildman–Crippen MR) is 127 cm³/mol. The standard InChI is InChI=1S/C26H23N3O5/c1-4-23(31)27-19-11-9-18(10-12-19)22(30)14-33-26(32)20-13-21(17-7-5-15(2)6-8-17)28-25-24(20)16(3)29-34-25/h5-13H,4,14H2,1-3H3,(H,27,31). The van der Waals surface area contributed by atoms with E-state index in [1.165, 1.54) is 0 Å². The summed E-state index contributed by atoms with van der Waals surface area (Å²) in [5.41, 5.74) is 4.34. The molecule has 2 heterocycles. The number of hydrogen-bond acceptors (Lipinski definition) is 7. The summed E-state index contributed by atoms with van der Waals surface area (Å²) >= 11 is 0. The van der Waals surface area contributed by atoms with E-state index in [0.717, 1.165) is 11.1 Å². The topological polar surface area (TPSA) is 111 Å². The second kappa shape index (κ2) is 9.66. The fraction of sp³-hybridized carbons (Fsp3) is 0.192. The lowest BCUT2D eigenvalue weighted by Gasteiger charge is -2.08. The number of amides is 1. The number of carbonyl (C=O) groups excluding carboxylic acids is 3. The van der Waals surface area contributed by atoms with Crippen LogP contribution in [-0.2, 0) is 9.53 Å². The number of aromatic nitrogens is 2. The van der Waals surface area contributed by atoms with Crippen LogP contribution in [0.2, 0.25) is 0 Å². The largest absolute Gasteiger partial charge is 0.454 e. The zero-order valence-electron chi connectivity index (χ0n) is 19.0. The number of nitrogens with one attached hydrogen (secondary N) is 1. The van der Waals surface area contributed by atoms with Crippen LogP contribution < -0.4 is 5.32 Å². The first-order chi connectivity index (χ1) is 16.4. The molecule has 4 aromatic rings. The molecule has 0 atom stereocenters. The number of benzene rings is 2. The van der Waals surface area contributed by atoms with Gasteiger partial charge in [-0.2, -0.15) is 0 Å². The first-order valence-electron chi connectivity index (χ1n) is 10.8. The van der Waals surface area contributed by atoms with Crippen molar-refractivity contribution in [2.45, 2.75) is 27.2 Å². The van der Waals surface area contributed by atoms with Crippen molar-refractivity contribution < 1.29 is 23.6 Å². The average Bonchev–Trinajstić information content (AvgIpc) is 3.23. The minimum Gasteiger partial charge on any atom is -0.454 e. The van der Waals surface area contributed by atoms with E-state index in [1.807, 2.05) is 31.2 Å². The molecule has 0 spiro atoms. The molecule has 0 aliphatic heterocycles. The van der Waals surface area contributed by atoms with Crippen molar-refractivity contribution in [3.05, 3.63) is 77.0 Å². The molecule has 0 radical (unpaired) electrons. The molecule has 0 saturated carbocycles. The third kappa shape index (κ3) is 4.85. The number of ketones is 1. The summed E-state index contributed by atoms with van der Waals surface area (Å²) < 4.78 is 10.6. The molecular formula is C26H23N3O5. The van der Waals surface area contributed by atoms with Crippen LogP contribution in [0.15, 0.2) is 59.1 Å². The highest BCUT2D eigenvalue weighted by Crippen LogP contribution is 2.28. The van der Waals surface area contributed by atoms with Crippen LogP contribution in [0.25, 0.3) is 22.4 Å². The van der Waals surface area contributed by atoms with E-state index >= 15 is 0 Å². The number of fused-ring (bicyclic) bond motifs is 1. The molecule has 8 heteroatoms. The lowest BCUT2D eigenvalue weighted by molar-refractivity contribution is -0.115. The minimum atomic E-state index is -0.674. The second-order valence-corrected chi connectivity index (χ2v) is 7.85. The molecule has 172 valence electrons. The normalized spacial score (nSPS) is 10.8. The molecule has 0 unspecified atom stereocenters. The van der Waals surface area contributed by atoms with E-state index in [2.05, 4.69) is 15.5 Å². The van der Waals surface area contributed by atoms with Gasteiger partial charge >= 0.3 is 5.97 Å². The predicted octanol–water partition coefficient (Wildman–Crippen LogP) is 4.89. The van der Waals surface area contributed by atoms with E-state index in [9.17, 15) is 14.4 Å². The Labute approximate surface area is 195 Å². The van der Waals surface area contributed by atoms with Crippen molar-refractivity contribution in [3.8, 4) is 11.3 Å². The minimum absolute atomic E-state index is 0.120. The van der Waals surface area contributed by atoms with Crippen LogP contribution in [0.4, 0.5) is 5.69 Å². The number of rotatable bonds is 7. The Hall–Kier alpha value is -4.33. The number of pyridine rings is 1. The lowest BCUT2D eigenvalue weighted by atomic mass is 10.0. The van der Waals surface area contributed by atoms with Crippen LogP contribution in [0, 0.1) is 13.8 Å². The third-order valence-corrected chi connectivity index (χ3v) is 5.33. The summed E-state index contributed by atoms with van der Waals surface area (Å²) in [7, 11) is 0. The van der Waals surface area contributed by atoms with Gasteiger partial charge in [-0.1, -0.05) is 41.9 Å². The van der Waals surface area contributed by atoms with E-state index in [-0.39, 0.29) is 23.0 Å². The molecule has 2 aromatic carbocycles. The Kier molecular flexibility index (Phi) is 6.49. The maximum Gasteiger partial charge on any atom is 0.339 e. The molecule has 2 aromatic heterocycles. The van der Waals surface area contributed by atoms with Gasteiger partial charge < -0.3 is 14.6 Å². The van der Waals surface area contributed by atoms with Gasteiger partial charge in [0.2, 0.25) is 5.91 Å². The average molecular weight is 457 g/mol. The Balaban J connectivity index is 1.53. The Morgan fingerprint density at radius 2 is 1.71 bits per heavy atom. The van der Waals surface area contributed by atoms with Crippen LogP contribution in [0.5, 0.6) is 0 Å². The van der Waals surface area contributed by atoms with Gasteiger partial charge in [-0.25, -0.2) is 9.78 Å². The summed E-state index contributed by atoms with van der Waals surface area (Å²) in [5, 5.41) is 7.09. The molecule has 0 aliphatic carbocycles. The van der Waals surface area contributed by atoms with E-state index in [0.29, 0.717) is 34.4 Å². The number of hydrogen-bond donors (Lipinski definition) is 1. The smallest absolute Gasteiger partial charge is 0.339 e. The zero-order valence-corrected chi connectivity index (χ0v) is 19.0. The van der Waals surface area contributed by atoms with Crippen molar-refractivity contribution in [2.75, 3.05) is 11.9 Å². The van der Waals surface area contributed by atoms with Gasteiger partial charge in [0.05, 0.1) is 22.3 Å². The molecular weight excluding hydrogens is 434 g/mol. The number of ether oxygens (including phenoxy) is 1. The Morgan fingerprint density at radius 1 is 1.00 bits per heavy atom. The van der Waals surface area contributed by atoms with E-state index in [1.54, 1.807) is 44.2 Å². The number of esters is 1. The van der Waals surface area contributed by atoms with E-state index < -0.39 is 12.6 Å². The van der Waals surface area contributed by atoms with Crippen LogP contribution in [0.1, 0.15) is 45.3 Å². The van der Waals surface area contributed by atoms with E-state index in [4.69, 9.17) is 9.26 Å². The summed E-state index contributed by atoms with van der Waals surface area (Å²) in [6.07, 6.45) is 0.357. The van der Waals surface area contributed by atoms with Crippen molar-refractivity contribution in [1.82, 2.24) is 10.1 Å². The van der Waals surface area contributed by atoms with Gasteiger partial charge in [0, 0.05) is 23.2 Å². The monoisotopic (exact) mass is 457 g/mol. The lowest BCUT2D eigenvalue weighted by Crippen LogP contribution is -2.15. The van der Waals surface area contributed by atoms with Gasteiger partial charge in [0.1, 0.15) is 0 Å². The van der Waals surface area contributed by atoms with Gasteiger partial charge in [-0.15, -0.1) is 0 Å². The van der Waals surface area contributed by atoms with Gasteiger partial charge in [-0.05, 0) is 44.2 Å². The summed E-state index contributed by atoms with van der Waals surface area (Å²) in [6.45, 7) is 5.01. The van der Waals surface area contributed by atoms with Crippen LogP contribution >= 0.6 is 0 Å². The van der Waals surface area contributed by atoms with Gasteiger partial charge in [-0.3, -0.25) is 9.59 Å². The molecule has 0 saturated heterocycles. The van der Waals surface area contributed by atoms with Crippen LogP contribution in [0.3, 0.4) is 0 Å². The highest BCUT2D eigenvalue weighted by molar-refractivity contribution is 6.06. The Bertz CT molecular complexity index is 1370. The summed E-state index contributed by atoms with van der Waals surface area (Å²) in [5.74, 6) is -1.16. The fourth-order valence-electron chi connectivity index (χ4n) is 3.41. The maximum atomic E-state index is 13.0. The number of anilines is 1. The molecule has 4 rings (SSSR count). The molecule has 0 bridgehead atoms. The molecule has 1 N–H and O–H groups in total. The van der Waals surface area contributed by atoms with Crippen molar-refractivity contribution in [1.29, 1.82) is 0 Å². The summed E-state index contributed by atoms with van der Waals surface area (Å²) in [4.78, 5) is 41.5. The SMILES string of the molecule is CCC(=O)Nc1ccc(C(=O)COC(=O)c2cc(-c3ccc(C)cc3)nc3onc(C)c23)cc1. The first kappa shape index (κ1) is 22.8. The summed E-state index contributed by atoms with van der Waals surface area (Å²) in [6, 6.07) is 15.7. The maximum absolute atomic E-state index is 13.0. The number of Topliss-reactive ketones (excluding diaryl/α,β-unsaturated/α-hetero) is 1. The van der Waals surface area contributed by atoms with Crippen molar-refractivity contribution in [3.63, 3.8) is 0 Å². The quantitative estimate of drug-likeness (QED) is 0.310. The van der Waals surface area contributed by atoms with Crippen molar-refractivity contribution in [2.24, 2.45) is 0 Å². The zero-order chi connectivity index (χ0) is 24.2. The highest BCUT2D eigenvalue weighted by atomic mass is 16.5. The van der Waals surface area contributed by atoms with Gasteiger partial charge in [0.25, 0.3) is 5.71 Å². The first-order valence-corrected chi connectivity index (χ1v) is 10.8. The molecule has 0 fully saturated rings. The highest BCUT2D eigenvalue weighted by Gasteiger charge is 2.21. The number of nitrogens with zero attached hydrogens (tertiary/aromatic N) is 2. The number of aryl methyl sites for hydroxylation is 2. The second-order valence-electron chi connectivity index (χ2n) is 7.85. The van der Waals surface area contributed by atoms with Gasteiger partial charge in [0.15, 0.2) is 12.4 Å². The molecule has 1 amide bonds.